The Balaban J connectivity index is 1.73. The summed E-state index contributed by atoms with van der Waals surface area (Å²) in [7, 11) is 1.69. The zero-order valence-electron chi connectivity index (χ0n) is 11.4. The summed E-state index contributed by atoms with van der Waals surface area (Å²) in [5, 5.41) is 7.77. The highest BCUT2D eigenvalue weighted by Crippen LogP contribution is 2.37. The van der Waals surface area contributed by atoms with Crippen molar-refractivity contribution in [3.05, 3.63) is 45.5 Å². The van der Waals surface area contributed by atoms with E-state index in [0.29, 0.717) is 22.5 Å². The van der Waals surface area contributed by atoms with Crippen LogP contribution >= 0.6 is 23.2 Å². The molecule has 1 fully saturated rings. The van der Waals surface area contributed by atoms with E-state index >= 15 is 0 Å². The van der Waals surface area contributed by atoms with Crippen LogP contribution in [0.15, 0.2) is 18.2 Å². The number of hydrogen-bond acceptors (Lipinski definition) is 3. The lowest BCUT2D eigenvalue weighted by Gasteiger charge is -2.16. The van der Waals surface area contributed by atoms with Crippen LogP contribution in [-0.4, -0.2) is 33.0 Å². The monoisotopic (exact) mass is 324 g/mol. The van der Waals surface area contributed by atoms with Gasteiger partial charge in [-0.05, 0) is 24.5 Å². The van der Waals surface area contributed by atoms with E-state index in [4.69, 9.17) is 23.2 Å². The molecular weight excluding hydrogens is 311 g/mol. The molecular formula is C14H14Cl2N4O. The van der Waals surface area contributed by atoms with Gasteiger partial charge in [0.25, 0.3) is 5.91 Å². The quantitative estimate of drug-likeness (QED) is 0.938. The molecule has 0 atom stereocenters. The summed E-state index contributed by atoms with van der Waals surface area (Å²) >= 11 is 12.1. The standard InChI is InChI=1S/C14H14Cl2N4O/c1-20(7-9-3-2-4-10(15)11(9)16)14(21)13-17-12(18-19-13)8-5-6-8/h2-4,8H,5-7H2,1H3,(H,17,18,19). The van der Waals surface area contributed by atoms with Gasteiger partial charge in [0.15, 0.2) is 0 Å². The van der Waals surface area contributed by atoms with Gasteiger partial charge in [-0.2, -0.15) is 0 Å². The van der Waals surface area contributed by atoms with E-state index in [-0.39, 0.29) is 11.7 Å². The first-order valence-electron chi connectivity index (χ1n) is 6.67. The Morgan fingerprint density at radius 3 is 2.90 bits per heavy atom. The number of nitrogens with one attached hydrogen (secondary N) is 1. The lowest BCUT2D eigenvalue weighted by Crippen LogP contribution is -2.27. The molecule has 1 heterocycles. The number of amides is 1. The molecule has 1 saturated carbocycles. The van der Waals surface area contributed by atoms with Crippen LogP contribution in [0.3, 0.4) is 0 Å². The van der Waals surface area contributed by atoms with Gasteiger partial charge in [-0.15, -0.1) is 5.10 Å². The van der Waals surface area contributed by atoms with Crippen LogP contribution < -0.4 is 0 Å². The Bertz CT molecular complexity index is 681. The first kappa shape index (κ1) is 14.4. The van der Waals surface area contributed by atoms with E-state index in [1.165, 1.54) is 4.90 Å². The molecule has 0 bridgehead atoms. The minimum absolute atomic E-state index is 0.192. The van der Waals surface area contributed by atoms with Crippen LogP contribution in [0.1, 0.15) is 40.8 Å². The van der Waals surface area contributed by atoms with Gasteiger partial charge in [0, 0.05) is 19.5 Å². The molecule has 1 aromatic carbocycles. The molecule has 1 aliphatic carbocycles. The van der Waals surface area contributed by atoms with Gasteiger partial charge in [0.2, 0.25) is 5.82 Å². The topological polar surface area (TPSA) is 61.9 Å². The largest absolute Gasteiger partial charge is 0.335 e. The molecule has 1 N–H and O–H groups in total. The van der Waals surface area contributed by atoms with Gasteiger partial charge in [0.05, 0.1) is 10.0 Å². The molecule has 2 aromatic rings. The Hall–Kier alpha value is -1.59. The number of hydrogen-bond donors (Lipinski definition) is 1. The average molecular weight is 325 g/mol. The maximum atomic E-state index is 12.3. The normalized spacial score (nSPS) is 14.2. The molecule has 0 aliphatic heterocycles. The predicted molar refractivity (Wildman–Crippen MR) is 80.6 cm³/mol. The van der Waals surface area contributed by atoms with Gasteiger partial charge in [-0.3, -0.25) is 9.89 Å². The smallest absolute Gasteiger partial charge is 0.293 e. The van der Waals surface area contributed by atoms with Crippen molar-refractivity contribution >= 4 is 29.1 Å². The van der Waals surface area contributed by atoms with Crippen molar-refractivity contribution in [2.45, 2.75) is 25.3 Å². The molecule has 7 heteroatoms. The molecule has 0 saturated heterocycles. The fourth-order valence-electron chi connectivity index (χ4n) is 2.08. The van der Waals surface area contributed by atoms with Crippen LogP contribution in [0.2, 0.25) is 10.0 Å². The predicted octanol–water partition coefficient (Wildman–Crippen LogP) is 3.26. The summed E-state index contributed by atoms with van der Waals surface area (Å²) in [6.07, 6.45) is 2.22. The van der Waals surface area contributed by atoms with Crippen LogP contribution in [-0.2, 0) is 6.54 Å². The molecule has 1 amide bonds. The van der Waals surface area contributed by atoms with E-state index in [1.807, 2.05) is 6.07 Å². The van der Waals surface area contributed by atoms with Crippen molar-refractivity contribution in [2.24, 2.45) is 0 Å². The van der Waals surface area contributed by atoms with Gasteiger partial charge in [-0.1, -0.05) is 35.3 Å². The van der Waals surface area contributed by atoms with E-state index in [0.717, 1.165) is 24.2 Å². The van der Waals surface area contributed by atoms with E-state index in [1.54, 1.807) is 19.2 Å². The Morgan fingerprint density at radius 1 is 1.43 bits per heavy atom. The molecule has 0 spiro atoms. The van der Waals surface area contributed by atoms with Crippen LogP contribution in [0.5, 0.6) is 0 Å². The van der Waals surface area contributed by atoms with Crippen molar-refractivity contribution in [3.63, 3.8) is 0 Å². The third kappa shape index (κ3) is 3.04. The van der Waals surface area contributed by atoms with E-state index in [2.05, 4.69) is 15.2 Å². The first-order chi connectivity index (χ1) is 10.1. The van der Waals surface area contributed by atoms with E-state index < -0.39 is 0 Å². The van der Waals surface area contributed by atoms with Crippen molar-refractivity contribution in [2.75, 3.05) is 7.05 Å². The Labute approximate surface area is 132 Å². The summed E-state index contributed by atoms with van der Waals surface area (Å²) in [6.45, 7) is 0.353. The van der Waals surface area contributed by atoms with Gasteiger partial charge in [-0.25, -0.2) is 4.98 Å². The number of benzene rings is 1. The third-order valence-electron chi connectivity index (χ3n) is 3.44. The van der Waals surface area contributed by atoms with Crippen molar-refractivity contribution < 1.29 is 4.79 Å². The number of carbonyl (C=O) groups is 1. The van der Waals surface area contributed by atoms with Crippen LogP contribution in [0, 0.1) is 0 Å². The average Bonchev–Trinajstić information content (AvgIpc) is 3.21. The van der Waals surface area contributed by atoms with Crippen molar-refractivity contribution in [3.8, 4) is 0 Å². The number of halogens is 2. The molecule has 3 rings (SSSR count). The van der Waals surface area contributed by atoms with Crippen molar-refractivity contribution in [1.29, 1.82) is 0 Å². The third-order valence-corrected chi connectivity index (χ3v) is 4.30. The molecule has 5 nitrogen and oxygen atoms in total. The maximum absolute atomic E-state index is 12.3. The number of rotatable bonds is 4. The maximum Gasteiger partial charge on any atom is 0.293 e. The van der Waals surface area contributed by atoms with Gasteiger partial charge in [0.1, 0.15) is 5.82 Å². The summed E-state index contributed by atoms with van der Waals surface area (Å²) < 4.78 is 0. The summed E-state index contributed by atoms with van der Waals surface area (Å²) in [5.74, 6) is 1.19. The fourth-order valence-corrected chi connectivity index (χ4v) is 2.46. The minimum atomic E-state index is -0.241. The fraction of sp³-hybridized carbons (Fsp3) is 0.357. The lowest BCUT2D eigenvalue weighted by molar-refractivity contribution is 0.0773. The first-order valence-corrected chi connectivity index (χ1v) is 7.42. The highest BCUT2D eigenvalue weighted by atomic mass is 35.5. The molecule has 110 valence electrons. The molecule has 1 aromatic heterocycles. The minimum Gasteiger partial charge on any atom is -0.335 e. The molecule has 1 aliphatic rings. The number of nitrogens with zero attached hydrogens (tertiary/aromatic N) is 3. The van der Waals surface area contributed by atoms with Crippen LogP contribution in [0.25, 0.3) is 0 Å². The van der Waals surface area contributed by atoms with E-state index in [9.17, 15) is 4.79 Å². The molecule has 0 unspecified atom stereocenters. The molecule has 21 heavy (non-hydrogen) atoms. The summed E-state index contributed by atoms with van der Waals surface area (Å²) in [6, 6.07) is 5.36. The Kier molecular flexibility index (Phi) is 3.87. The number of carbonyl (C=O) groups excluding carboxylic acids is 1. The Morgan fingerprint density at radius 2 is 2.19 bits per heavy atom. The number of aromatic amines is 1. The second-order valence-corrected chi connectivity index (χ2v) is 5.98. The van der Waals surface area contributed by atoms with Gasteiger partial charge < -0.3 is 4.90 Å². The second-order valence-electron chi connectivity index (χ2n) is 5.19. The highest BCUT2D eigenvalue weighted by Gasteiger charge is 2.28. The highest BCUT2D eigenvalue weighted by molar-refractivity contribution is 6.42. The summed E-state index contributed by atoms with van der Waals surface area (Å²) in [4.78, 5) is 18.1. The van der Waals surface area contributed by atoms with Crippen molar-refractivity contribution in [1.82, 2.24) is 20.1 Å². The SMILES string of the molecule is CN(Cc1cccc(Cl)c1Cl)C(=O)c1n[nH]c(C2CC2)n1. The summed E-state index contributed by atoms with van der Waals surface area (Å²) in [5.41, 5.74) is 0.790. The zero-order chi connectivity index (χ0) is 15.0. The second kappa shape index (κ2) is 5.66. The number of H-pyrrole nitrogens is 1. The lowest BCUT2D eigenvalue weighted by atomic mass is 10.2. The van der Waals surface area contributed by atoms with Gasteiger partial charge >= 0.3 is 0 Å². The zero-order valence-corrected chi connectivity index (χ0v) is 12.9. The number of aromatic nitrogens is 3. The molecule has 0 radical (unpaired) electrons. The van der Waals surface area contributed by atoms with Crippen LogP contribution in [0.4, 0.5) is 0 Å².